The number of rotatable bonds is 3. The number of hydrogen-bond donors (Lipinski definition) is 2. The first-order valence-corrected chi connectivity index (χ1v) is 4.86. The number of nitrogen functional groups attached to an aromatic ring is 1. The number of nitrogens with one attached hydrogen (secondary N) is 1. The first-order chi connectivity index (χ1) is 7.00. The minimum Gasteiger partial charge on any atom is -0.399 e. The zero-order valence-corrected chi connectivity index (χ0v) is 9.27. The van der Waals surface area contributed by atoms with Gasteiger partial charge >= 0.3 is 0 Å². The number of carbonyl (C=O) groups excluding carboxylic acids is 1. The van der Waals surface area contributed by atoms with E-state index in [9.17, 15) is 4.79 Å². The molecule has 1 rings (SSSR count). The monoisotopic (exact) mass is 224 g/mol. The van der Waals surface area contributed by atoms with Crippen molar-refractivity contribution in [2.24, 2.45) is 0 Å². The molecule has 1 amide bonds. The maximum atomic E-state index is 11.6. The van der Waals surface area contributed by atoms with E-state index in [0.717, 1.165) is 5.57 Å². The third-order valence-corrected chi connectivity index (χ3v) is 2.12. The van der Waals surface area contributed by atoms with Crippen LogP contribution in [0.3, 0.4) is 0 Å². The van der Waals surface area contributed by atoms with Crippen LogP contribution in [0.25, 0.3) is 0 Å². The normalized spacial score (nSPS) is 9.73. The van der Waals surface area contributed by atoms with Crippen molar-refractivity contribution in [3.63, 3.8) is 0 Å². The van der Waals surface area contributed by atoms with E-state index in [0.29, 0.717) is 22.8 Å². The van der Waals surface area contributed by atoms with Crippen LogP contribution in [0.2, 0.25) is 5.02 Å². The Labute approximate surface area is 93.9 Å². The quantitative estimate of drug-likeness (QED) is 0.611. The van der Waals surface area contributed by atoms with Crippen molar-refractivity contribution in [3.8, 4) is 0 Å². The molecule has 0 aliphatic carbocycles. The molecule has 4 heteroatoms. The maximum absolute atomic E-state index is 11.6. The molecular weight excluding hydrogens is 212 g/mol. The molecule has 1 aromatic carbocycles. The zero-order valence-electron chi connectivity index (χ0n) is 8.51. The minimum atomic E-state index is -0.240. The fourth-order valence-electron chi connectivity index (χ4n) is 1.04. The van der Waals surface area contributed by atoms with E-state index in [-0.39, 0.29) is 5.91 Å². The Kier molecular flexibility index (Phi) is 3.74. The Morgan fingerprint density at radius 3 is 2.87 bits per heavy atom. The largest absolute Gasteiger partial charge is 0.399 e. The van der Waals surface area contributed by atoms with E-state index in [1.807, 2.05) is 6.92 Å². The van der Waals surface area contributed by atoms with Crippen LogP contribution in [0.15, 0.2) is 30.4 Å². The van der Waals surface area contributed by atoms with E-state index in [1.165, 1.54) is 0 Å². The predicted molar refractivity (Wildman–Crippen MR) is 63.0 cm³/mol. The zero-order chi connectivity index (χ0) is 11.4. The first-order valence-electron chi connectivity index (χ1n) is 4.48. The predicted octanol–water partition coefficient (Wildman–Crippen LogP) is 2.23. The van der Waals surface area contributed by atoms with Crippen molar-refractivity contribution >= 4 is 23.2 Å². The van der Waals surface area contributed by atoms with Crippen LogP contribution in [0.4, 0.5) is 5.69 Å². The summed E-state index contributed by atoms with van der Waals surface area (Å²) >= 11 is 5.87. The molecule has 0 radical (unpaired) electrons. The molecular formula is C11H13ClN2O. The third-order valence-electron chi connectivity index (χ3n) is 1.79. The van der Waals surface area contributed by atoms with Gasteiger partial charge in [-0.1, -0.05) is 23.8 Å². The van der Waals surface area contributed by atoms with Crippen LogP contribution >= 0.6 is 11.6 Å². The highest BCUT2D eigenvalue weighted by molar-refractivity contribution is 6.34. The minimum absolute atomic E-state index is 0.240. The number of benzene rings is 1. The molecule has 0 atom stereocenters. The van der Waals surface area contributed by atoms with Crippen molar-refractivity contribution in [3.05, 3.63) is 40.9 Å². The second-order valence-corrected chi connectivity index (χ2v) is 3.79. The molecule has 0 spiro atoms. The van der Waals surface area contributed by atoms with Crippen LogP contribution in [-0.4, -0.2) is 12.5 Å². The highest BCUT2D eigenvalue weighted by Gasteiger charge is 2.09. The van der Waals surface area contributed by atoms with Gasteiger partial charge in [-0.2, -0.15) is 0 Å². The molecule has 3 N–H and O–H groups in total. The molecule has 3 nitrogen and oxygen atoms in total. The summed E-state index contributed by atoms with van der Waals surface area (Å²) < 4.78 is 0. The highest BCUT2D eigenvalue weighted by Crippen LogP contribution is 2.18. The molecule has 0 aromatic heterocycles. The Morgan fingerprint density at radius 2 is 2.27 bits per heavy atom. The Bertz CT molecular complexity index is 402. The summed E-state index contributed by atoms with van der Waals surface area (Å²) in [5.41, 5.74) is 7.34. The van der Waals surface area contributed by atoms with Gasteiger partial charge < -0.3 is 11.1 Å². The average Bonchev–Trinajstić information content (AvgIpc) is 2.18. The Morgan fingerprint density at radius 1 is 1.60 bits per heavy atom. The van der Waals surface area contributed by atoms with Crippen LogP contribution in [0, 0.1) is 0 Å². The molecule has 1 aromatic rings. The van der Waals surface area contributed by atoms with Gasteiger partial charge in [0.15, 0.2) is 0 Å². The Balaban J connectivity index is 2.81. The fourth-order valence-corrected chi connectivity index (χ4v) is 1.25. The SMILES string of the molecule is C=C(C)CNC(=O)c1cc(N)ccc1Cl. The van der Waals surface area contributed by atoms with Crippen molar-refractivity contribution in [2.75, 3.05) is 12.3 Å². The molecule has 0 saturated heterocycles. The van der Waals surface area contributed by atoms with Crippen molar-refractivity contribution in [1.29, 1.82) is 0 Å². The average molecular weight is 225 g/mol. The standard InChI is InChI=1S/C11H13ClN2O/c1-7(2)6-14-11(15)9-5-8(13)3-4-10(9)12/h3-5H,1,6,13H2,2H3,(H,14,15). The van der Waals surface area contributed by atoms with Crippen LogP contribution in [-0.2, 0) is 0 Å². The van der Waals surface area contributed by atoms with Crippen LogP contribution in [0.1, 0.15) is 17.3 Å². The van der Waals surface area contributed by atoms with Gasteiger partial charge in [-0.15, -0.1) is 0 Å². The van der Waals surface area contributed by atoms with Gasteiger partial charge in [-0.3, -0.25) is 4.79 Å². The molecule has 0 aliphatic heterocycles. The molecule has 0 fully saturated rings. The summed E-state index contributed by atoms with van der Waals surface area (Å²) in [6.07, 6.45) is 0. The Hall–Kier alpha value is -1.48. The van der Waals surface area contributed by atoms with Gasteiger partial charge in [0.1, 0.15) is 0 Å². The highest BCUT2D eigenvalue weighted by atomic mass is 35.5. The molecule has 0 heterocycles. The molecule has 80 valence electrons. The van der Waals surface area contributed by atoms with Gasteiger partial charge in [0.05, 0.1) is 10.6 Å². The lowest BCUT2D eigenvalue weighted by Crippen LogP contribution is -2.25. The van der Waals surface area contributed by atoms with E-state index in [1.54, 1.807) is 18.2 Å². The molecule has 15 heavy (non-hydrogen) atoms. The third kappa shape index (κ3) is 3.29. The van der Waals surface area contributed by atoms with Gasteiger partial charge in [0.25, 0.3) is 5.91 Å². The molecule has 0 aliphatic rings. The number of carbonyl (C=O) groups is 1. The van der Waals surface area contributed by atoms with Crippen molar-refractivity contribution in [1.82, 2.24) is 5.32 Å². The molecule has 0 saturated carbocycles. The molecule has 0 bridgehead atoms. The summed E-state index contributed by atoms with van der Waals surface area (Å²) in [5, 5.41) is 3.08. The van der Waals surface area contributed by atoms with E-state index >= 15 is 0 Å². The first kappa shape index (κ1) is 11.6. The smallest absolute Gasteiger partial charge is 0.253 e. The van der Waals surface area contributed by atoms with Gasteiger partial charge in [-0.25, -0.2) is 0 Å². The summed E-state index contributed by atoms with van der Waals surface area (Å²) in [7, 11) is 0. The number of hydrogen-bond acceptors (Lipinski definition) is 2. The van der Waals surface area contributed by atoms with Crippen molar-refractivity contribution in [2.45, 2.75) is 6.92 Å². The second-order valence-electron chi connectivity index (χ2n) is 3.38. The lowest BCUT2D eigenvalue weighted by atomic mass is 10.2. The summed E-state index contributed by atoms with van der Waals surface area (Å²) in [5.74, 6) is -0.240. The van der Waals surface area contributed by atoms with E-state index in [2.05, 4.69) is 11.9 Å². The second kappa shape index (κ2) is 4.84. The number of nitrogens with two attached hydrogens (primary N) is 1. The van der Waals surface area contributed by atoms with Gasteiger partial charge in [-0.05, 0) is 25.1 Å². The number of amides is 1. The summed E-state index contributed by atoms with van der Waals surface area (Å²) in [6, 6.07) is 4.81. The fraction of sp³-hybridized carbons (Fsp3) is 0.182. The van der Waals surface area contributed by atoms with Gasteiger partial charge in [0.2, 0.25) is 0 Å². The number of halogens is 1. The summed E-state index contributed by atoms with van der Waals surface area (Å²) in [4.78, 5) is 11.6. The lowest BCUT2D eigenvalue weighted by molar-refractivity contribution is 0.0957. The van der Waals surface area contributed by atoms with E-state index < -0.39 is 0 Å². The van der Waals surface area contributed by atoms with Gasteiger partial charge in [0, 0.05) is 12.2 Å². The summed E-state index contributed by atoms with van der Waals surface area (Å²) in [6.45, 7) is 5.96. The van der Waals surface area contributed by atoms with Crippen LogP contribution < -0.4 is 11.1 Å². The topological polar surface area (TPSA) is 55.1 Å². The van der Waals surface area contributed by atoms with E-state index in [4.69, 9.17) is 17.3 Å². The maximum Gasteiger partial charge on any atom is 0.253 e. The molecule has 0 unspecified atom stereocenters. The number of anilines is 1. The van der Waals surface area contributed by atoms with Crippen molar-refractivity contribution < 1.29 is 4.79 Å². The van der Waals surface area contributed by atoms with Crippen LogP contribution in [0.5, 0.6) is 0 Å². The lowest BCUT2D eigenvalue weighted by Gasteiger charge is -2.06.